The molecule has 0 fully saturated rings. The number of hydrogen-bond donors (Lipinski definition) is 1. The molecule has 6 nitrogen and oxygen atoms in total. The Bertz CT molecular complexity index is 478. The third-order valence-corrected chi connectivity index (χ3v) is 4.22. The third kappa shape index (κ3) is 5.40. The summed E-state index contributed by atoms with van der Waals surface area (Å²) < 4.78 is 26.4. The smallest absolute Gasteiger partial charge is 0.243 e. The predicted molar refractivity (Wildman–Crippen MR) is 74.6 cm³/mol. The third-order valence-electron chi connectivity index (χ3n) is 2.61. The van der Waals surface area contributed by atoms with Crippen molar-refractivity contribution in [3.05, 3.63) is 17.7 Å². The van der Waals surface area contributed by atoms with E-state index in [1.807, 2.05) is 0 Å². The highest BCUT2D eigenvalue weighted by atomic mass is 35.5. The van der Waals surface area contributed by atoms with E-state index in [4.69, 9.17) is 11.6 Å². The summed E-state index contributed by atoms with van der Waals surface area (Å²) in [6.45, 7) is 7.05. The molecule has 0 aliphatic carbocycles. The number of nitrogens with one attached hydrogen (secondary N) is 1. The number of nitrogens with zero attached hydrogens (tertiary/aromatic N) is 3. The number of halogens is 1. The van der Waals surface area contributed by atoms with Gasteiger partial charge in [0.2, 0.25) is 15.3 Å². The van der Waals surface area contributed by atoms with E-state index in [0.717, 1.165) is 19.5 Å². The van der Waals surface area contributed by atoms with Gasteiger partial charge in [-0.25, -0.2) is 23.1 Å². The minimum atomic E-state index is -3.56. The molecule has 0 amide bonds. The van der Waals surface area contributed by atoms with Crippen LogP contribution < -0.4 is 4.72 Å². The van der Waals surface area contributed by atoms with Crippen molar-refractivity contribution < 1.29 is 8.42 Å². The highest BCUT2D eigenvalue weighted by Crippen LogP contribution is 2.07. The first kappa shape index (κ1) is 16.3. The Hall–Kier alpha value is -0.760. The second-order valence-electron chi connectivity index (χ2n) is 4.02. The first-order valence-corrected chi connectivity index (χ1v) is 8.05. The Kier molecular flexibility index (Phi) is 6.64. The largest absolute Gasteiger partial charge is 0.302 e. The zero-order valence-corrected chi connectivity index (χ0v) is 12.7. The average molecular weight is 307 g/mol. The van der Waals surface area contributed by atoms with Crippen LogP contribution >= 0.6 is 11.6 Å². The molecule has 0 bridgehead atoms. The molecule has 0 saturated carbocycles. The summed E-state index contributed by atoms with van der Waals surface area (Å²) in [4.78, 5) is 9.52. The predicted octanol–water partition coefficient (Wildman–Crippen LogP) is 1.14. The summed E-state index contributed by atoms with van der Waals surface area (Å²) in [6.07, 6.45) is 3.44. The highest BCUT2D eigenvalue weighted by molar-refractivity contribution is 7.89. The van der Waals surface area contributed by atoms with Gasteiger partial charge in [0.15, 0.2) is 0 Å². The van der Waals surface area contributed by atoms with Crippen molar-refractivity contribution in [3.63, 3.8) is 0 Å². The zero-order chi connectivity index (χ0) is 14.3. The molecule has 0 saturated heterocycles. The summed E-state index contributed by atoms with van der Waals surface area (Å²) in [7, 11) is -3.56. The van der Waals surface area contributed by atoms with Gasteiger partial charge in [-0.2, -0.15) is 0 Å². The molecule has 0 radical (unpaired) electrons. The standard InChI is InChI=1S/C11H19ClN4O2S/c1-3-6-16(4-2)7-5-15-19(17,18)10-8-13-11(12)14-9-10/h8-9,15H,3-7H2,1-2H3. The Morgan fingerprint density at radius 3 is 2.42 bits per heavy atom. The normalized spacial score (nSPS) is 12.0. The van der Waals surface area contributed by atoms with Gasteiger partial charge in [0.05, 0.1) is 12.4 Å². The van der Waals surface area contributed by atoms with Crippen LogP contribution in [0.1, 0.15) is 20.3 Å². The number of aromatic nitrogens is 2. The van der Waals surface area contributed by atoms with Gasteiger partial charge in [-0.1, -0.05) is 13.8 Å². The molecule has 1 aromatic rings. The van der Waals surface area contributed by atoms with Crippen molar-refractivity contribution >= 4 is 21.6 Å². The van der Waals surface area contributed by atoms with Crippen molar-refractivity contribution in [2.75, 3.05) is 26.2 Å². The van der Waals surface area contributed by atoms with Gasteiger partial charge in [-0.15, -0.1) is 0 Å². The molecule has 19 heavy (non-hydrogen) atoms. The van der Waals surface area contributed by atoms with E-state index < -0.39 is 10.0 Å². The fourth-order valence-electron chi connectivity index (χ4n) is 1.60. The van der Waals surface area contributed by atoms with E-state index in [2.05, 4.69) is 33.4 Å². The lowest BCUT2D eigenvalue weighted by Gasteiger charge is -2.19. The van der Waals surface area contributed by atoms with E-state index in [9.17, 15) is 8.42 Å². The number of sulfonamides is 1. The van der Waals surface area contributed by atoms with Crippen LogP contribution in [0.5, 0.6) is 0 Å². The lowest BCUT2D eigenvalue weighted by atomic mass is 10.4. The number of hydrogen-bond acceptors (Lipinski definition) is 5. The van der Waals surface area contributed by atoms with Gasteiger partial charge >= 0.3 is 0 Å². The maximum atomic E-state index is 11.9. The van der Waals surface area contributed by atoms with Crippen molar-refractivity contribution in [2.45, 2.75) is 25.2 Å². The van der Waals surface area contributed by atoms with Crippen LogP contribution in [0.25, 0.3) is 0 Å². The van der Waals surface area contributed by atoms with Crippen LogP contribution in [0, 0.1) is 0 Å². The molecule has 1 N–H and O–H groups in total. The van der Waals surface area contributed by atoms with Gasteiger partial charge in [-0.05, 0) is 31.1 Å². The van der Waals surface area contributed by atoms with Crippen LogP contribution in [-0.4, -0.2) is 49.5 Å². The van der Waals surface area contributed by atoms with Crippen molar-refractivity contribution in [3.8, 4) is 0 Å². The molecular formula is C11H19ClN4O2S. The minimum absolute atomic E-state index is 0.0236. The maximum Gasteiger partial charge on any atom is 0.243 e. The molecule has 8 heteroatoms. The summed E-state index contributed by atoms with van der Waals surface area (Å²) in [5.41, 5.74) is 0. The van der Waals surface area contributed by atoms with Gasteiger partial charge in [0, 0.05) is 13.1 Å². The Balaban J connectivity index is 2.54. The Labute approximate surface area is 119 Å². The van der Waals surface area contributed by atoms with E-state index in [-0.39, 0.29) is 10.2 Å². The molecule has 0 aliphatic heterocycles. The molecule has 1 heterocycles. The van der Waals surface area contributed by atoms with Crippen LogP contribution in [0.3, 0.4) is 0 Å². The van der Waals surface area contributed by atoms with Crippen molar-refractivity contribution in [1.29, 1.82) is 0 Å². The number of likely N-dealkylation sites (N-methyl/N-ethyl adjacent to an activating group) is 1. The second kappa shape index (κ2) is 7.74. The first-order valence-electron chi connectivity index (χ1n) is 6.19. The van der Waals surface area contributed by atoms with Crippen LogP contribution in [0.4, 0.5) is 0 Å². The minimum Gasteiger partial charge on any atom is -0.302 e. The van der Waals surface area contributed by atoms with E-state index >= 15 is 0 Å². The topological polar surface area (TPSA) is 75.2 Å². The van der Waals surface area contributed by atoms with Gasteiger partial charge < -0.3 is 4.90 Å². The SMILES string of the molecule is CCCN(CC)CCNS(=O)(=O)c1cnc(Cl)nc1. The second-order valence-corrected chi connectivity index (χ2v) is 6.12. The molecule has 0 spiro atoms. The fourth-order valence-corrected chi connectivity index (χ4v) is 2.61. The van der Waals surface area contributed by atoms with Crippen LogP contribution in [0.2, 0.25) is 5.28 Å². The molecular weight excluding hydrogens is 288 g/mol. The quantitative estimate of drug-likeness (QED) is 0.729. The summed E-state index contributed by atoms with van der Waals surface area (Å²) in [5.74, 6) is 0. The maximum absolute atomic E-state index is 11.9. The van der Waals surface area contributed by atoms with Crippen LogP contribution in [-0.2, 0) is 10.0 Å². The van der Waals surface area contributed by atoms with Gasteiger partial charge in [-0.3, -0.25) is 0 Å². The average Bonchev–Trinajstić information content (AvgIpc) is 2.38. The molecule has 1 rings (SSSR count). The summed E-state index contributed by atoms with van der Waals surface area (Å²) >= 11 is 5.52. The van der Waals surface area contributed by atoms with Crippen molar-refractivity contribution in [1.82, 2.24) is 19.6 Å². The molecule has 1 aromatic heterocycles. The summed E-state index contributed by atoms with van der Waals surface area (Å²) in [6, 6.07) is 0. The van der Waals surface area contributed by atoms with Crippen LogP contribution in [0.15, 0.2) is 17.3 Å². The zero-order valence-electron chi connectivity index (χ0n) is 11.1. The lowest BCUT2D eigenvalue weighted by Crippen LogP contribution is -2.35. The highest BCUT2D eigenvalue weighted by Gasteiger charge is 2.14. The van der Waals surface area contributed by atoms with Crippen molar-refractivity contribution in [2.24, 2.45) is 0 Å². The fraction of sp³-hybridized carbons (Fsp3) is 0.636. The monoisotopic (exact) mass is 306 g/mol. The first-order chi connectivity index (χ1) is 8.99. The molecule has 0 unspecified atom stereocenters. The van der Waals surface area contributed by atoms with E-state index in [1.54, 1.807) is 0 Å². The summed E-state index contributed by atoms with van der Waals surface area (Å²) in [5, 5.41) is 0.0269. The molecule has 0 atom stereocenters. The molecule has 0 aromatic carbocycles. The van der Waals surface area contributed by atoms with Gasteiger partial charge in [0.25, 0.3) is 0 Å². The molecule has 0 aliphatic rings. The molecule has 108 valence electrons. The Morgan fingerprint density at radius 2 is 1.89 bits per heavy atom. The Morgan fingerprint density at radius 1 is 1.26 bits per heavy atom. The number of rotatable bonds is 8. The van der Waals surface area contributed by atoms with E-state index in [1.165, 1.54) is 12.4 Å². The van der Waals surface area contributed by atoms with Gasteiger partial charge in [0.1, 0.15) is 4.90 Å². The van der Waals surface area contributed by atoms with E-state index in [0.29, 0.717) is 13.1 Å². The lowest BCUT2D eigenvalue weighted by molar-refractivity contribution is 0.293.